The molecule has 1 aliphatic heterocycles. The average Bonchev–Trinajstić information content (AvgIpc) is 2.77. The van der Waals surface area contributed by atoms with Gasteiger partial charge in [-0.05, 0) is 51.1 Å². The zero-order chi connectivity index (χ0) is 24.2. The molecule has 176 valence electrons. The van der Waals surface area contributed by atoms with Crippen LogP contribution in [0, 0.1) is 15.9 Å². The lowest BCUT2D eigenvalue weighted by molar-refractivity contribution is -0.385. The van der Waals surface area contributed by atoms with Crippen molar-refractivity contribution in [3.63, 3.8) is 0 Å². The molecule has 10 heteroatoms. The van der Waals surface area contributed by atoms with Gasteiger partial charge >= 0.3 is 6.09 Å². The van der Waals surface area contributed by atoms with Crippen molar-refractivity contribution in [2.75, 3.05) is 31.1 Å². The molecular formula is C23H27FN4O5. The van der Waals surface area contributed by atoms with Gasteiger partial charge in [-0.1, -0.05) is 0 Å². The Morgan fingerprint density at radius 1 is 1.09 bits per heavy atom. The van der Waals surface area contributed by atoms with Gasteiger partial charge in [0.2, 0.25) is 0 Å². The maximum Gasteiger partial charge on any atom is 0.410 e. The predicted octanol–water partition coefficient (Wildman–Crippen LogP) is 3.72. The molecule has 2 aromatic carbocycles. The standard InChI is InChI=1S/C23H27FN4O5/c1-23(2,3)33-22(30)27-12-10-26(11-13-27)18-7-4-16(5-8-18)21(29)25-15-17-6-9-19(28(31)32)14-20(17)24/h4-9,14H,10-13,15H2,1-3H3,(H,25,29). The molecule has 1 fully saturated rings. The van der Waals surface area contributed by atoms with Crippen LogP contribution in [0.3, 0.4) is 0 Å². The molecule has 2 amide bonds. The highest BCUT2D eigenvalue weighted by atomic mass is 19.1. The summed E-state index contributed by atoms with van der Waals surface area (Å²) < 4.78 is 19.4. The van der Waals surface area contributed by atoms with Crippen molar-refractivity contribution in [2.24, 2.45) is 0 Å². The van der Waals surface area contributed by atoms with E-state index in [1.54, 1.807) is 17.0 Å². The highest BCUT2D eigenvalue weighted by molar-refractivity contribution is 5.94. The maximum atomic E-state index is 14.0. The number of non-ortho nitro benzene ring substituents is 1. The van der Waals surface area contributed by atoms with Crippen molar-refractivity contribution < 1.29 is 23.6 Å². The molecule has 0 aromatic heterocycles. The van der Waals surface area contributed by atoms with Crippen LogP contribution in [0.4, 0.5) is 20.6 Å². The van der Waals surface area contributed by atoms with Crippen molar-refractivity contribution in [1.29, 1.82) is 0 Å². The van der Waals surface area contributed by atoms with E-state index < -0.39 is 16.3 Å². The maximum absolute atomic E-state index is 14.0. The first-order chi connectivity index (χ1) is 15.5. The van der Waals surface area contributed by atoms with Gasteiger partial charge in [0, 0.05) is 55.6 Å². The Hall–Kier alpha value is -3.69. The number of halogens is 1. The van der Waals surface area contributed by atoms with Gasteiger partial charge in [-0.25, -0.2) is 9.18 Å². The second kappa shape index (κ2) is 9.85. The number of rotatable bonds is 5. The number of nitro groups is 1. The number of benzene rings is 2. The number of ether oxygens (including phenoxy) is 1. The molecule has 0 bridgehead atoms. The number of nitrogens with one attached hydrogen (secondary N) is 1. The molecule has 3 rings (SSSR count). The molecular weight excluding hydrogens is 431 g/mol. The van der Waals surface area contributed by atoms with E-state index in [1.807, 2.05) is 32.9 Å². The Labute approximate surface area is 191 Å². The topological polar surface area (TPSA) is 105 Å². The Balaban J connectivity index is 1.52. The summed E-state index contributed by atoms with van der Waals surface area (Å²) in [7, 11) is 0. The van der Waals surface area contributed by atoms with Gasteiger partial charge < -0.3 is 19.9 Å². The van der Waals surface area contributed by atoms with E-state index in [9.17, 15) is 24.1 Å². The van der Waals surface area contributed by atoms with E-state index in [0.29, 0.717) is 31.7 Å². The predicted molar refractivity (Wildman–Crippen MR) is 121 cm³/mol. The smallest absolute Gasteiger partial charge is 0.410 e. The molecule has 0 spiro atoms. The normalized spacial score (nSPS) is 14.1. The second-order valence-electron chi connectivity index (χ2n) is 8.72. The fourth-order valence-corrected chi connectivity index (χ4v) is 3.37. The summed E-state index contributed by atoms with van der Waals surface area (Å²) >= 11 is 0. The number of anilines is 1. The van der Waals surface area contributed by atoms with Crippen LogP contribution >= 0.6 is 0 Å². The largest absolute Gasteiger partial charge is 0.444 e. The van der Waals surface area contributed by atoms with E-state index >= 15 is 0 Å². The monoisotopic (exact) mass is 458 g/mol. The highest BCUT2D eigenvalue weighted by Crippen LogP contribution is 2.20. The van der Waals surface area contributed by atoms with Crippen molar-refractivity contribution >= 4 is 23.4 Å². The van der Waals surface area contributed by atoms with Crippen LogP contribution in [0.1, 0.15) is 36.7 Å². The van der Waals surface area contributed by atoms with Gasteiger partial charge in [0.25, 0.3) is 11.6 Å². The van der Waals surface area contributed by atoms with Crippen molar-refractivity contribution in [3.05, 3.63) is 69.5 Å². The van der Waals surface area contributed by atoms with Gasteiger partial charge in [0.05, 0.1) is 11.0 Å². The van der Waals surface area contributed by atoms with Gasteiger partial charge in [-0.2, -0.15) is 0 Å². The summed E-state index contributed by atoms with van der Waals surface area (Å²) in [5.74, 6) is -1.13. The number of piperazine rings is 1. The minimum Gasteiger partial charge on any atom is -0.444 e. The summed E-state index contributed by atoms with van der Waals surface area (Å²) in [6, 6.07) is 10.3. The van der Waals surface area contributed by atoms with Crippen LogP contribution in [-0.2, 0) is 11.3 Å². The minimum absolute atomic E-state index is 0.0863. The van der Waals surface area contributed by atoms with Gasteiger partial charge in [-0.15, -0.1) is 0 Å². The van der Waals surface area contributed by atoms with E-state index in [2.05, 4.69) is 10.2 Å². The number of carbonyl (C=O) groups is 2. The molecule has 9 nitrogen and oxygen atoms in total. The first kappa shape index (κ1) is 24.0. The third-order valence-corrected chi connectivity index (χ3v) is 5.11. The van der Waals surface area contributed by atoms with Crippen LogP contribution in [0.2, 0.25) is 0 Å². The Morgan fingerprint density at radius 3 is 2.27 bits per heavy atom. The zero-order valence-corrected chi connectivity index (χ0v) is 18.8. The molecule has 0 aliphatic carbocycles. The lowest BCUT2D eigenvalue weighted by Gasteiger charge is -2.36. The molecule has 1 heterocycles. The number of amides is 2. The van der Waals surface area contributed by atoms with Crippen LogP contribution in [0.5, 0.6) is 0 Å². The highest BCUT2D eigenvalue weighted by Gasteiger charge is 2.26. The summed E-state index contributed by atoms with van der Waals surface area (Å²) in [6.07, 6.45) is -0.321. The lowest BCUT2D eigenvalue weighted by Crippen LogP contribution is -2.50. The van der Waals surface area contributed by atoms with E-state index in [-0.39, 0.29) is 29.8 Å². The molecule has 0 radical (unpaired) electrons. The number of hydrogen-bond acceptors (Lipinski definition) is 6. The quantitative estimate of drug-likeness (QED) is 0.541. The molecule has 1 N–H and O–H groups in total. The average molecular weight is 458 g/mol. The van der Waals surface area contributed by atoms with Crippen molar-refractivity contribution in [3.8, 4) is 0 Å². The number of nitrogens with zero attached hydrogens (tertiary/aromatic N) is 3. The molecule has 0 unspecified atom stereocenters. The second-order valence-corrected chi connectivity index (χ2v) is 8.72. The summed E-state index contributed by atoms with van der Waals surface area (Å²) in [4.78, 5) is 38.4. The molecule has 0 atom stereocenters. The summed E-state index contributed by atoms with van der Waals surface area (Å²) in [5.41, 5.74) is 0.623. The minimum atomic E-state index is -0.745. The van der Waals surface area contributed by atoms with E-state index in [1.165, 1.54) is 12.1 Å². The fourth-order valence-electron chi connectivity index (χ4n) is 3.37. The third kappa shape index (κ3) is 6.41. The fraction of sp³-hybridized carbons (Fsp3) is 0.391. The zero-order valence-electron chi connectivity index (χ0n) is 18.8. The SMILES string of the molecule is CC(C)(C)OC(=O)N1CCN(c2ccc(C(=O)NCc3ccc([N+](=O)[O-])cc3F)cc2)CC1. The van der Waals surface area contributed by atoms with E-state index in [4.69, 9.17) is 4.74 Å². The Bertz CT molecular complexity index is 1030. The van der Waals surface area contributed by atoms with Crippen LogP contribution in [0.25, 0.3) is 0 Å². The number of hydrogen-bond donors (Lipinski definition) is 1. The van der Waals surface area contributed by atoms with Gasteiger partial charge in [-0.3, -0.25) is 14.9 Å². The first-order valence-electron chi connectivity index (χ1n) is 10.6. The van der Waals surface area contributed by atoms with Crippen LogP contribution in [-0.4, -0.2) is 53.6 Å². The number of nitro benzene ring substituents is 1. The van der Waals surface area contributed by atoms with Gasteiger partial charge in [0.1, 0.15) is 11.4 Å². The third-order valence-electron chi connectivity index (χ3n) is 5.11. The molecule has 33 heavy (non-hydrogen) atoms. The Kier molecular flexibility index (Phi) is 7.15. The molecule has 1 saturated heterocycles. The number of carbonyl (C=O) groups excluding carboxylic acids is 2. The van der Waals surface area contributed by atoms with Crippen LogP contribution < -0.4 is 10.2 Å². The summed E-state index contributed by atoms with van der Waals surface area (Å²) in [6.45, 7) is 7.78. The van der Waals surface area contributed by atoms with E-state index in [0.717, 1.165) is 11.8 Å². The Morgan fingerprint density at radius 2 is 1.73 bits per heavy atom. The van der Waals surface area contributed by atoms with Crippen molar-refractivity contribution in [1.82, 2.24) is 10.2 Å². The van der Waals surface area contributed by atoms with Crippen LogP contribution in [0.15, 0.2) is 42.5 Å². The lowest BCUT2D eigenvalue weighted by atomic mass is 10.1. The molecule has 0 saturated carbocycles. The molecule has 1 aliphatic rings. The van der Waals surface area contributed by atoms with Crippen molar-refractivity contribution in [2.45, 2.75) is 32.9 Å². The first-order valence-corrected chi connectivity index (χ1v) is 10.6. The summed E-state index contributed by atoms with van der Waals surface area (Å²) in [5, 5.41) is 13.3. The van der Waals surface area contributed by atoms with Gasteiger partial charge in [0.15, 0.2) is 0 Å². The molecule has 2 aromatic rings.